The lowest BCUT2D eigenvalue weighted by Crippen LogP contribution is -2.35. The molecule has 4 rings (SSSR count). The number of likely N-dealkylation sites (tertiary alicyclic amines) is 1. The number of benzene rings is 3. The molecule has 0 amide bonds. The van der Waals surface area contributed by atoms with Crippen LogP contribution in [0.2, 0.25) is 0 Å². The van der Waals surface area contributed by atoms with Gasteiger partial charge in [0.2, 0.25) is 0 Å². The minimum Gasteiger partial charge on any atom is -0.489 e. The maximum atomic E-state index is 11.6. The minimum absolute atomic E-state index is 0.388. The monoisotopic (exact) mass is 429 g/mol. The number of carboxylic acids is 1. The molecule has 3 aromatic rings. The highest BCUT2D eigenvalue weighted by Crippen LogP contribution is 2.29. The van der Waals surface area contributed by atoms with E-state index in [1.54, 1.807) is 0 Å². The molecule has 166 valence electrons. The standard InChI is InChI=1S/C28H31NO3/c1-19-14-26(28(30)31)29(16-19)17-22-12-13-27(20(2)15-22)32-18-24-10-7-11-25(21(24)3)23-8-5-4-6-9-23/h4-13,15,19,26H,14,16-18H2,1-3H3,(H,30,31)/t19-,26-/m1/s1. The van der Waals surface area contributed by atoms with Crippen LogP contribution in [0.25, 0.3) is 11.1 Å². The van der Waals surface area contributed by atoms with Crippen molar-refractivity contribution < 1.29 is 14.6 Å². The van der Waals surface area contributed by atoms with Gasteiger partial charge < -0.3 is 9.84 Å². The van der Waals surface area contributed by atoms with Gasteiger partial charge in [-0.15, -0.1) is 0 Å². The molecule has 4 nitrogen and oxygen atoms in total. The smallest absolute Gasteiger partial charge is 0.320 e. The number of hydrogen-bond acceptors (Lipinski definition) is 3. The third-order valence-corrected chi connectivity index (χ3v) is 6.44. The maximum Gasteiger partial charge on any atom is 0.320 e. The molecule has 3 aromatic carbocycles. The minimum atomic E-state index is -0.723. The van der Waals surface area contributed by atoms with Gasteiger partial charge in [-0.3, -0.25) is 9.69 Å². The van der Waals surface area contributed by atoms with Crippen LogP contribution < -0.4 is 4.74 Å². The first-order valence-electron chi connectivity index (χ1n) is 11.3. The Bertz CT molecular complexity index is 1090. The first kappa shape index (κ1) is 22.1. The molecule has 2 atom stereocenters. The number of rotatable bonds is 7. The van der Waals surface area contributed by atoms with E-state index in [2.05, 4.69) is 73.3 Å². The molecule has 0 saturated carbocycles. The Morgan fingerprint density at radius 2 is 1.84 bits per heavy atom. The van der Waals surface area contributed by atoms with Crippen molar-refractivity contribution >= 4 is 5.97 Å². The lowest BCUT2D eigenvalue weighted by Gasteiger charge is -2.21. The zero-order chi connectivity index (χ0) is 22.7. The molecule has 1 saturated heterocycles. The van der Waals surface area contributed by atoms with Gasteiger partial charge in [-0.1, -0.05) is 67.6 Å². The SMILES string of the molecule is Cc1cc(CN2C[C@H](C)C[C@@H]2C(=O)O)ccc1OCc1cccc(-c2ccccc2)c1C. The predicted molar refractivity (Wildman–Crippen MR) is 128 cm³/mol. The van der Waals surface area contributed by atoms with Crippen molar-refractivity contribution in [1.29, 1.82) is 0 Å². The van der Waals surface area contributed by atoms with Crippen LogP contribution in [0, 0.1) is 19.8 Å². The molecule has 0 unspecified atom stereocenters. The molecule has 1 heterocycles. The van der Waals surface area contributed by atoms with Crippen LogP contribution in [0.15, 0.2) is 66.7 Å². The molecule has 0 aromatic heterocycles. The topological polar surface area (TPSA) is 49.8 Å². The Balaban J connectivity index is 1.44. The largest absolute Gasteiger partial charge is 0.489 e. The van der Waals surface area contributed by atoms with Crippen molar-refractivity contribution in [1.82, 2.24) is 4.90 Å². The molecule has 0 bridgehead atoms. The maximum absolute atomic E-state index is 11.6. The van der Waals surface area contributed by atoms with Crippen LogP contribution in [-0.4, -0.2) is 28.6 Å². The van der Waals surface area contributed by atoms with E-state index in [0.717, 1.165) is 29.8 Å². The number of ether oxygens (including phenoxy) is 1. The van der Waals surface area contributed by atoms with Crippen LogP contribution in [0.1, 0.15) is 35.6 Å². The normalized spacial score (nSPS) is 18.6. The molecule has 1 aliphatic rings. The van der Waals surface area contributed by atoms with Gasteiger partial charge in [-0.25, -0.2) is 0 Å². The van der Waals surface area contributed by atoms with E-state index < -0.39 is 5.97 Å². The van der Waals surface area contributed by atoms with Crippen molar-refractivity contribution in [3.8, 4) is 16.9 Å². The number of carboxylic acid groups (broad SMARTS) is 1. The zero-order valence-electron chi connectivity index (χ0n) is 19.0. The van der Waals surface area contributed by atoms with Gasteiger partial charge in [0.05, 0.1) is 0 Å². The number of nitrogens with zero attached hydrogens (tertiary/aromatic N) is 1. The van der Waals surface area contributed by atoms with Gasteiger partial charge in [0.25, 0.3) is 0 Å². The number of aryl methyl sites for hydroxylation is 1. The first-order chi connectivity index (χ1) is 15.4. The summed E-state index contributed by atoms with van der Waals surface area (Å²) in [5, 5.41) is 9.51. The van der Waals surface area contributed by atoms with E-state index in [1.165, 1.54) is 22.3 Å². The van der Waals surface area contributed by atoms with Crippen molar-refractivity contribution in [2.24, 2.45) is 5.92 Å². The summed E-state index contributed by atoms with van der Waals surface area (Å²) in [6.07, 6.45) is 0.719. The van der Waals surface area contributed by atoms with Crippen molar-refractivity contribution in [3.63, 3.8) is 0 Å². The second kappa shape index (κ2) is 9.58. The van der Waals surface area contributed by atoms with Crippen molar-refractivity contribution in [2.75, 3.05) is 6.54 Å². The fourth-order valence-corrected chi connectivity index (χ4v) is 4.70. The summed E-state index contributed by atoms with van der Waals surface area (Å²) in [4.78, 5) is 13.6. The Labute approximate surface area is 190 Å². The number of carbonyl (C=O) groups is 1. The average molecular weight is 430 g/mol. The third-order valence-electron chi connectivity index (χ3n) is 6.44. The zero-order valence-corrected chi connectivity index (χ0v) is 19.0. The van der Waals surface area contributed by atoms with E-state index in [0.29, 0.717) is 19.1 Å². The van der Waals surface area contributed by atoms with Crippen molar-refractivity contribution in [3.05, 3.63) is 89.0 Å². The summed E-state index contributed by atoms with van der Waals surface area (Å²) >= 11 is 0. The molecule has 1 N–H and O–H groups in total. The summed E-state index contributed by atoms with van der Waals surface area (Å²) in [5.74, 6) is 0.552. The summed E-state index contributed by atoms with van der Waals surface area (Å²) in [6.45, 7) is 8.30. The van der Waals surface area contributed by atoms with Crippen LogP contribution in [-0.2, 0) is 17.9 Å². The fraction of sp³-hybridized carbons (Fsp3) is 0.321. The quantitative estimate of drug-likeness (QED) is 0.512. The lowest BCUT2D eigenvalue weighted by molar-refractivity contribution is -0.142. The van der Waals surface area contributed by atoms with E-state index in [4.69, 9.17) is 4.74 Å². The van der Waals surface area contributed by atoms with Gasteiger partial charge in [-0.05, 0) is 65.6 Å². The van der Waals surface area contributed by atoms with E-state index in [9.17, 15) is 9.90 Å². The molecule has 0 spiro atoms. The Hall–Kier alpha value is -3.11. The highest BCUT2D eigenvalue weighted by atomic mass is 16.5. The Kier molecular flexibility index (Phi) is 6.61. The van der Waals surface area contributed by atoms with Gasteiger partial charge in [0.1, 0.15) is 18.4 Å². The molecule has 0 radical (unpaired) electrons. The summed E-state index contributed by atoms with van der Waals surface area (Å²) in [7, 11) is 0. The van der Waals surface area contributed by atoms with Crippen LogP contribution in [0.3, 0.4) is 0 Å². The average Bonchev–Trinajstić information content (AvgIpc) is 3.15. The predicted octanol–water partition coefficient (Wildman–Crippen LogP) is 5.84. The van der Waals surface area contributed by atoms with Gasteiger partial charge in [0.15, 0.2) is 0 Å². The van der Waals surface area contributed by atoms with Crippen LogP contribution in [0.5, 0.6) is 5.75 Å². The van der Waals surface area contributed by atoms with Gasteiger partial charge in [0, 0.05) is 13.1 Å². The molecule has 1 fully saturated rings. The molecule has 0 aliphatic carbocycles. The van der Waals surface area contributed by atoms with Crippen LogP contribution >= 0.6 is 0 Å². The Morgan fingerprint density at radius 1 is 1.06 bits per heavy atom. The summed E-state index contributed by atoms with van der Waals surface area (Å²) in [5.41, 5.74) is 7.03. The number of aliphatic carboxylic acids is 1. The molecular formula is C28H31NO3. The molecule has 32 heavy (non-hydrogen) atoms. The fourth-order valence-electron chi connectivity index (χ4n) is 4.70. The molecule has 1 aliphatic heterocycles. The number of hydrogen-bond donors (Lipinski definition) is 1. The Morgan fingerprint density at radius 3 is 2.56 bits per heavy atom. The highest BCUT2D eigenvalue weighted by Gasteiger charge is 2.34. The van der Waals surface area contributed by atoms with Crippen LogP contribution in [0.4, 0.5) is 0 Å². The third kappa shape index (κ3) is 4.86. The van der Waals surface area contributed by atoms with Gasteiger partial charge >= 0.3 is 5.97 Å². The van der Waals surface area contributed by atoms with E-state index in [-0.39, 0.29) is 6.04 Å². The van der Waals surface area contributed by atoms with Gasteiger partial charge in [-0.2, -0.15) is 0 Å². The summed E-state index contributed by atoms with van der Waals surface area (Å²) < 4.78 is 6.19. The molecule has 4 heteroatoms. The first-order valence-corrected chi connectivity index (χ1v) is 11.3. The van der Waals surface area contributed by atoms with Crippen molar-refractivity contribution in [2.45, 2.75) is 46.4 Å². The lowest BCUT2D eigenvalue weighted by atomic mass is 9.97. The highest BCUT2D eigenvalue weighted by molar-refractivity contribution is 5.74. The second-order valence-electron chi connectivity index (χ2n) is 8.97. The van der Waals surface area contributed by atoms with E-state index in [1.807, 2.05) is 19.1 Å². The molecular weight excluding hydrogens is 398 g/mol. The summed E-state index contributed by atoms with van der Waals surface area (Å²) in [6, 6.07) is 22.6. The van der Waals surface area contributed by atoms with E-state index >= 15 is 0 Å². The second-order valence-corrected chi connectivity index (χ2v) is 8.97.